The van der Waals surface area contributed by atoms with Gasteiger partial charge in [-0.1, -0.05) is 19.0 Å². The molecule has 1 N–H and O–H groups in total. The largest absolute Gasteiger partial charge is 0.444 e. The van der Waals surface area contributed by atoms with Crippen molar-refractivity contribution in [1.82, 2.24) is 4.98 Å². The van der Waals surface area contributed by atoms with Crippen molar-refractivity contribution in [3.05, 3.63) is 23.5 Å². The Morgan fingerprint density at radius 1 is 1.44 bits per heavy atom. The molecule has 90 valence electrons. The number of aromatic nitrogens is 1. The first kappa shape index (κ1) is 14.7. The number of ether oxygens (including phenoxy) is 1. The van der Waals surface area contributed by atoms with Crippen LogP contribution in [0.5, 0.6) is 0 Å². The molecule has 0 radical (unpaired) electrons. The van der Waals surface area contributed by atoms with Crippen LogP contribution < -0.4 is 5.32 Å². The van der Waals surface area contributed by atoms with E-state index in [1.165, 1.54) is 6.20 Å². The molecule has 1 aromatic rings. The maximum absolute atomic E-state index is 11.3. The molecule has 0 atom stereocenters. The van der Waals surface area contributed by atoms with Gasteiger partial charge >= 0.3 is 6.09 Å². The molecular formula is C11H17ClN2O2. The molecule has 1 aromatic heterocycles. The fraction of sp³-hybridized carbons (Fsp3) is 0.455. The smallest absolute Gasteiger partial charge is 0.412 e. The Hall–Kier alpha value is -1.29. The summed E-state index contributed by atoms with van der Waals surface area (Å²) in [6.45, 7) is 5.39. The lowest BCUT2D eigenvalue weighted by Crippen LogP contribution is -2.27. The highest BCUT2D eigenvalue weighted by Gasteiger charge is 2.15. The normalized spacial score (nSPS) is 10.2. The molecule has 0 aliphatic carbocycles. The van der Waals surface area contributed by atoms with Crippen LogP contribution >= 0.6 is 11.6 Å². The second kappa shape index (κ2) is 5.70. The lowest BCUT2D eigenvalue weighted by molar-refractivity contribution is 0.0636. The molecule has 0 fully saturated rings. The third kappa shape index (κ3) is 5.56. The Kier molecular flexibility index (Phi) is 5.24. The average molecular weight is 245 g/mol. The lowest BCUT2D eigenvalue weighted by atomic mass is 10.2. The number of rotatable bonds is 1. The van der Waals surface area contributed by atoms with Crippen LogP contribution in [0.1, 0.15) is 28.2 Å². The summed E-state index contributed by atoms with van der Waals surface area (Å²) >= 11 is 5.60. The molecule has 0 aliphatic heterocycles. The molecule has 0 saturated heterocycles. The third-order valence-corrected chi connectivity index (χ3v) is 1.60. The van der Waals surface area contributed by atoms with Crippen LogP contribution in [-0.4, -0.2) is 16.7 Å². The van der Waals surface area contributed by atoms with Crippen LogP contribution in [0, 0.1) is 0 Å². The van der Waals surface area contributed by atoms with E-state index in [1.54, 1.807) is 32.9 Å². The second-order valence-electron chi connectivity index (χ2n) is 4.00. The van der Waals surface area contributed by atoms with Crippen molar-refractivity contribution in [3.63, 3.8) is 0 Å². The Balaban J connectivity index is 0.00000225. The average Bonchev–Trinajstić information content (AvgIpc) is 2.05. The summed E-state index contributed by atoms with van der Waals surface area (Å²) in [4.78, 5) is 15.1. The third-order valence-electron chi connectivity index (χ3n) is 1.37. The minimum atomic E-state index is -0.510. The molecule has 0 spiro atoms. The quantitative estimate of drug-likeness (QED) is 0.766. The molecule has 0 bridgehead atoms. The number of pyridine rings is 1. The van der Waals surface area contributed by atoms with E-state index in [-0.39, 0.29) is 7.43 Å². The van der Waals surface area contributed by atoms with Crippen molar-refractivity contribution in [2.75, 3.05) is 5.32 Å². The molecule has 1 amide bonds. The highest BCUT2D eigenvalue weighted by molar-refractivity contribution is 6.29. The molecule has 0 saturated carbocycles. The number of hydrogen-bond donors (Lipinski definition) is 1. The lowest BCUT2D eigenvalue weighted by Gasteiger charge is -2.19. The van der Waals surface area contributed by atoms with Crippen LogP contribution in [0.4, 0.5) is 10.5 Å². The Bertz CT molecular complexity index is 344. The zero-order valence-electron chi connectivity index (χ0n) is 8.87. The maximum atomic E-state index is 11.3. The summed E-state index contributed by atoms with van der Waals surface area (Å²) in [5.74, 6) is 0. The number of anilines is 1. The first-order valence-corrected chi connectivity index (χ1v) is 4.86. The number of nitrogens with one attached hydrogen (secondary N) is 1. The minimum absolute atomic E-state index is 0. The predicted octanol–water partition coefficient (Wildman–Crippen LogP) is 3.72. The van der Waals surface area contributed by atoms with Crippen LogP contribution in [0.25, 0.3) is 0 Å². The van der Waals surface area contributed by atoms with Gasteiger partial charge in [0.25, 0.3) is 0 Å². The summed E-state index contributed by atoms with van der Waals surface area (Å²) < 4.78 is 5.06. The van der Waals surface area contributed by atoms with Crippen LogP contribution in [0.3, 0.4) is 0 Å². The number of carbonyl (C=O) groups is 1. The van der Waals surface area contributed by atoms with Crippen molar-refractivity contribution in [3.8, 4) is 0 Å². The SMILES string of the molecule is C.CC(C)(C)OC(=O)Nc1ccc(Cl)nc1. The highest BCUT2D eigenvalue weighted by atomic mass is 35.5. The number of nitrogens with zero attached hydrogens (tertiary/aromatic N) is 1. The molecule has 0 aliphatic rings. The Labute approximate surface area is 101 Å². The van der Waals surface area contributed by atoms with Gasteiger partial charge in [-0.3, -0.25) is 5.32 Å². The first-order chi connectivity index (χ1) is 6.87. The van der Waals surface area contributed by atoms with Gasteiger partial charge < -0.3 is 4.74 Å². The number of halogens is 1. The molecule has 16 heavy (non-hydrogen) atoms. The topological polar surface area (TPSA) is 51.2 Å². The summed E-state index contributed by atoms with van der Waals surface area (Å²) in [6, 6.07) is 3.24. The maximum Gasteiger partial charge on any atom is 0.412 e. The van der Waals surface area contributed by atoms with E-state index < -0.39 is 11.7 Å². The molecule has 4 nitrogen and oxygen atoms in total. The van der Waals surface area contributed by atoms with Gasteiger partial charge in [0, 0.05) is 0 Å². The van der Waals surface area contributed by atoms with Gasteiger partial charge in [-0.05, 0) is 32.9 Å². The highest BCUT2D eigenvalue weighted by Crippen LogP contribution is 2.12. The van der Waals surface area contributed by atoms with Crippen molar-refractivity contribution in [1.29, 1.82) is 0 Å². The number of amides is 1. The van der Waals surface area contributed by atoms with Gasteiger partial charge in [0.2, 0.25) is 0 Å². The summed E-state index contributed by atoms with van der Waals surface area (Å²) in [5, 5.41) is 2.92. The Morgan fingerprint density at radius 3 is 2.50 bits per heavy atom. The number of hydrogen-bond acceptors (Lipinski definition) is 3. The molecule has 1 rings (SSSR count). The van der Waals surface area contributed by atoms with Crippen LogP contribution in [0.15, 0.2) is 18.3 Å². The monoisotopic (exact) mass is 244 g/mol. The summed E-state index contributed by atoms with van der Waals surface area (Å²) in [5.41, 5.74) is 0.0397. The fourth-order valence-electron chi connectivity index (χ4n) is 0.871. The molecule has 0 aromatic carbocycles. The van der Waals surface area contributed by atoms with Crippen LogP contribution in [0.2, 0.25) is 5.15 Å². The van der Waals surface area contributed by atoms with Crippen LogP contribution in [-0.2, 0) is 4.74 Å². The fourth-order valence-corrected chi connectivity index (χ4v) is 0.983. The zero-order chi connectivity index (χ0) is 11.5. The van der Waals surface area contributed by atoms with Crippen molar-refractivity contribution in [2.24, 2.45) is 0 Å². The van der Waals surface area contributed by atoms with E-state index in [2.05, 4.69) is 10.3 Å². The van der Waals surface area contributed by atoms with E-state index in [4.69, 9.17) is 16.3 Å². The van der Waals surface area contributed by atoms with Crippen molar-refractivity contribution in [2.45, 2.75) is 33.8 Å². The molecule has 0 unspecified atom stereocenters. The molecular weight excluding hydrogens is 228 g/mol. The standard InChI is InChI=1S/C10H13ClN2O2.CH4/c1-10(2,3)15-9(14)13-7-4-5-8(11)12-6-7;/h4-6H,1-3H3,(H,13,14);1H4. The van der Waals surface area contributed by atoms with Gasteiger partial charge in [-0.2, -0.15) is 0 Å². The van der Waals surface area contributed by atoms with Gasteiger partial charge in [-0.15, -0.1) is 0 Å². The van der Waals surface area contributed by atoms with Gasteiger partial charge in [0.15, 0.2) is 0 Å². The van der Waals surface area contributed by atoms with Gasteiger partial charge in [0.1, 0.15) is 10.8 Å². The van der Waals surface area contributed by atoms with E-state index in [9.17, 15) is 4.79 Å². The molecule has 1 heterocycles. The number of carbonyl (C=O) groups excluding carboxylic acids is 1. The van der Waals surface area contributed by atoms with Crippen molar-refractivity contribution >= 4 is 23.4 Å². The van der Waals surface area contributed by atoms with Gasteiger partial charge in [0.05, 0.1) is 11.9 Å². The van der Waals surface area contributed by atoms with E-state index in [0.717, 1.165) is 0 Å². The summed E-state index contributed by atoms with van der Waals surface area (Å²) in [7, 11) is 0. The zero-order valence-corrected chi connectivity index (χ0v) is 9.63. The van der Waals surface area contributed by atoms with Gasteiger partial charge in [-0.25, -0.2) is 9.78 Å². The Morgan fingerprint density at radius 2 is 2.06 bits per heavy atom. The van der Waals surface area contributed by atoms with E-state index >= 15 is 0 Å². The minimum Gasteiger partial charge on any atom is -0.444 e. The second-order valence-corrected chi connectivity index (χ2v) is 4.38. The van der Waals surface area contributed by atoms with E-state index in [0.29, 0.717) is 10.8 Å². The molecule has 5 heteroatoms. The summed E-state index contributed by atoms with van der Waals surface area (Å²) in [6.07, 6.45) is 0.957. The van der Waals surface area contributed by atoms with Crippen molar-refractivity contribution < 1.29 is 9.53 Å². The first-order valence-electron chi connectivity index (χ1n) is 4.48. The predicted molar refractivity (Wildman–Crippen MR) is 65.8 cm³/mol. The van der Waals surface area contributed by atoms with E-state index in [1.807, 2.05) is 0 Å².